The smallest absolute Gasteiger partial charge is 0.0206 e. The summed E-state index contributed by atoms with van der Waals surface area (Å²) < 4.78 is 0. The summed E-state index contributed by atoms with van der Waals surface area (Å²) in [6.45, 7) is 12.9. The summed E-state index contributed by atoms with van der Waals surface area (Å²) in [5, 5.41) is 6.90. The Labute approximate surface area is 106 Å². The van der Waals surface area contributed by atoms with Gasteiger partial charge in [-0.15, -0.1) is 0 Å². The van der Waals surface area contributed by atoms with E-state index in [0.29, 0.717) is 0 Å². The van der Waals surface area contributed by atoms with Gasteiger partial charge in [0.2, 0.25) is 0 Å². The molecule has 17 heavy (non-hydrogen) atoms. The molecule has 0 spiro atoms. The van der Waals surface area contributed by atoms with Crippen molar-refractivity contribution < 1.29 is 0 Å². The van der Waals surface area contributed by atoms with Gasteiger partial charge in [-0.2, -0.15) is 0 Å². The highest BCUT2D eigenvalue weighted by Gasteiger charge is 1.96. The second-order valence-corrected chi connectivity index (χ2v) is 5.27. The van der Waals surface area contributed by atoms with E-state index in [9.17, 15) is 0 Å². The van der Waals surface area contributed by atoms with Gasteiger partial charge < -0.3 is 10.6 Å². The first kappa shape index (κ1) is 14.2. The van der Waals surface area contributed by atoms with Crippen molar-refractivity contribution in [3.05, 3.63) is 34.9 Å². The van der Waals surface area contributed by atoms with Gasteiger partial charge in [-0.25, -0.2) is 0 Å². The van der Waals surface area contributed by atoms with Crippen LogP contribution in [0.3, 0.4) is 0 Å². The van der Waals surface area contributed by atoms with Crippen molar-refractivity contribution in [2.24, 2.45) is 5.92 Å². The molecule has 1 rings (SSSR count). The SMILES string of the molecule is Cc1cc(C)cc(CNCCNCC(C)C)c1. The lowest BCUT2D eigenvalue weighted by atomic mass is 10.1. The van der Waals surface area contributed by atoms with Crippen LogP contribution in [0.5, 0.6) is 0 Å². The minimum Gasteiger partial charge on any atom is -0.315 e. The summed E-state index contributed by atoms with van der Waals surface area (Å²) >= 11 is 0. The van der Waals surface area contributed by atoms with Crippen LogP contribution in [0.15, 0.2) is 18.2 Å². The van der Waals surface area contributed by atoms with Gasteiger partial charge in [0.1, 0.15) is 0 Å². The lowest BCUT2D eigenvalue weighted by molar-refractivity contribution is 0.535. The summed E-state index contributed by atoms with van der Waals surface area (Å²) in [6, 6.07) is 6.72. The highest BCUT2D eigenvalue weighted by Crippen LogP contribution is 2.08. The molecule has 1 aromatic carbocycles. The molecule has 96 valence electrons. The van der Waals surface area contributed by atoms with Gasteiger partial charge in [0.25, 0.3) is 0 Å². The van der Waals surface area contributed by atoms with Crippen LogP contribution in [0.4, 0.5) is 0 Å². The van der Waals surface area contributed by atoms with Crippen LogP contribution in [0.25, 0.3) is 0 Å². The molecule has 0 heterocycles. The highest BCUT2D eigenvalue weighted by atomic mass is 14.9. The molecule has 0 aliphatic rings. The molecule has 0 radical (unpaired) electrons. The molecule has 0 aromatic heterocycles. The first-order valence-electron chi connectivity index (χ1n) is 6.56. The third-order valence-electron chi connectivity index (χ3n) is 2.64. The highest BCUT2D eigenvalue weighted by molar-refractivity contribution is 5.28. The maximum atomic E-state index is 3.47. The summed E-state index contributed by atoms with van der Waals surface area (Å²) in [6.07, 6.45) is 0. The topological polar surface area (TPSA) is 24.1 Å². The zero-order valence-electron chi connectivity index (χ0n) is 11.6. The van der Waals surface area contributed by atoms with E-state index in [4.69, 9.17) is 0 Å². The number of hydrogen-bond donors (Lipinski definition) is 2. The number of hydrogen-bond acceptors (Lipinski definition) is 2. The average Bonchev–Trinajstić information content (AvgIpc) is 2.21. The standard InChI is InChI=1S/C15H26N2/c1-12(2)10-16-5-6-17-11-15-8-13(3)7-14(4)9-15/h7-9,12,16-17H,5-6,10-11H2,1-4H3. The van der Waals surface area contributed by atoms with Crippen molar-refractivity contribution in [2.45, 2.75) is 34.2 Å². The number of rotatable bonds is 7. The molecular weight excluding hydrogens is 208 g/mol. The van der Waals surface area contributed by atoms with E-state index in [1.165, 1.54) is 16.7 Å². The number of benzene rings is 1. The normalized spacial score (nSPS) is 11.1. The molecule has 2 heteroatoms. The minimum absolute atomic E-state index is 0.731. The molecule has 0 fully saturated rings. The number of nitrogens with one attached hydrogen (secondary N) is 2. The molecule has 1 aromatic rings. The largest absolute Gasteiger partial charge is 0.315 e. The summed E-state index contributed by atoms with van der Waals surface area (Å²) in [5.41, 5.74) is 4.07. The molecule has 0 saturated carbocycles. The first-order chi connectivity index (χ1) is 8.08. The van der Waals surface area contributed by atoms with E-state index in [2.05, 4.69) is 56.5 Å². The zero-order chi connectivity index (χ0) is 12.7. The predicted octanol–water partition coefficient (Wildman–Crippen LogP) is 2.64. The third kappa shape index (κ3) is 6.44. The van der Waals surface area contributed by atoms with Gasteiger partial charge in [-0.1, -0.05) is 43.2 Å². The van der Waals surface area contributed by atoms with Crippen LogP contribution >= 0.6 is 0 Å². The number of aryl methyl sites for hydroxylation is 2. The first-order valence-corrected chi connectivity index (χ1v) is 6.56. The molecule has 0 saturated heterocycles. The minimum atomic E-state index is 0.731. The molecule has 0 atom stereocenters. The van der Waals surface area contributed by atoms with E-state index in [1.807, 2.05) is 0 Å². The Hall–Kier alpha value is -0.860. The van der Waals surface area contributed by atoms with Gasteiger partial charge >= 0.3 is 0 Å². The molecule has 0 bridgehead atoms. The van der Waals surface area contributed by atoms with Gasteiger partial charge in [0, 0.05) is 19.6 Å². The Morgan fingerprint density at radius 3 is 2.12 bits per heavy atom. The van der Waals surface area contributed by atoms with E-state index in [0.717, 1.165) is 32.1 Å². The van der Waals surface area contributed by atoms with E-state index >= 15 is 0 Å². The van der Waals surface area contributed by atoms with Crippen molar-refractivity contribution >= 4 is 0 Å². The van der Waals surface area contributed by atoms with Gasteiger partial charge in [0.15, 0.2) is 0 Å². The van der Waals surface area contributed by atoms with E-state index < -0.39 is 0 Å². The van der Waals surface area contributed by atoms with E-state index in [-0.39, 0.29) is 0 Å². The Kier molecular flexibility index (Phi) is 6.23. The maximum Gasteiger partial charge on any atom is 0.0206 e. The molecular formula is C15H26N2. The van der Waals surface area contributed by atoms with Crippen molar-refractivity contribution in [3.63, 3.8) is 0 Å². The Balaban J connectivity index is 2.18. The molecule has 0 amide bonds. The van der Waals surface area contributed by atoms with Gasteiger partial charge in [-0.05, 0) is 31.9 Å². The van der Waals surface area contributed by atoms with Crippen LogP contribution in [0.1, 0.15) is 30.5 Å². The lowest BCUT2D eigenvalue weighted by Gasteiger charge is -2.09. The maximum absolute atomic E-state index is 3.47. The predicted molar refractivity (Wildman–Crippen MR) is 75.3 cm³/mol. The quantitative estimate of drug-likeness (QED) is 0.709. The summed E-state index contributed by atoms with van der Waals surface area (Å²) in [5.74, 6) is 0.731. The Morgan fingerprint density at radius 2 is 1.53 bits per heavy atom. The van der Waals surface area contributed by atoms with E-state index in [1.54, 1.807) is 0 Å². The Bertz CT molecular complexity index is 311. The third-order valence-corrected chi connectivity index (χ3v) is 2.64. The fourth-order valence-electron chi connectivity index (χ4n) is 1.97. The zero-order valence-corrected chi connectivity index (χ0v) is 11.6. The lowest BCUT2D eigenvalue weighted by Crippen LogP contribution is -2.29. The van der Waals surface area contributed by atoms with Crippen LogP contribution in [0, 0.1) is 19.8 Å². The van der Waals surface area contributed by atoms with Crippen LogP contribution < -0.4 is 10.6 Å². The summed E-state index contributed by atoms with van der Waals surface area (Å²) in [4.78, 5) is 0. The van der Waals surface area contributed by atoms with Crippen molar-refractivity contribution in [3.8, 4) is 0 Å². The summed E-state index contributed by atoms with van der Waals surface area (Å²) in [7, 11) is 0. The van der Waals surface area contributed by atoms with Crippen molar-refractivity contribution in [2.75, 3.05) is 19.6 Å². The molecule has 2 nitrogen and oxygen atoms in total. The second kappa shape index (κ2) is 7.46. The van der Waals surface area contributed by atoms with Crippen LogP contribution in [0.2, 0.25) is 0 Å². The van der Waals surface area contributed by atoms with Crippen LogP contribution in [-0.2, 0) is 6.54 Å². The van der Waals surface area contributed by atoms with Crippen molar-refractivity contribution in [1.82, 2.24) is 10.6 Å². The van der Waals surface area contributed by atoms with Crippen molar-refractivity contribution in [1.29, 1.82) is 0 Å². The van der Waals surface area contributed by atoms with Gasteiger partial charge in [0.05, 0.1) is 0 Å². The molecule has 0 aliphatic heterocycles. The second-order valence-electron chi connectivity index (χ2n) is 5.27. The average molecular weight is 234 g/mol. The van der Waals surface area contributed by atoms with Gasteiger partial charge in [-0.3, -0.25) is 0 Å². The van der Waals surface area contributed by atoms with Crippen LogP contribution in [-0.4, -0.2) is 19.6 Å². The fourth-order valence-corrected chi connectivity index (χ4v) is 1.97. The molecule has 0 unspecified atom stereocenters. The molecule has 0 aliphatic carbocycles. The monoisotopic (exact) mass is 234 g/mol. The fraction of sp³-hybridized carbons (Fsp3) is 0.600. The Morgan fingerprint density at radius 1 is 0.941 bits per heavy atom. The molecule has 2 N–H and O–H groups in total.